The van der Waals surface area contributed by atoms with Gasteiger partial charge in [-0.3, -0.25) is 9.59 Å². The number of nitrogens with zero attached hydrogens (tertiary/aromatic N) is 1. The molecule has 0 unspecified atom stereocenters. The second-order valence-electron chi connectivity index (χ2n) is 6.05. The Bertz CT molecular complexity index is 699. The first-order valence-corrected chi connectivity index (χ1v) is 8.89. The summed E-state index contributed by atoms with van der Waals surface area (Å²) >= 11 is 0. The van der Waals surface area contributed by atoms with Gasteiger partial charge >= 0.3 is 0 Å². The van der Waals surface area contributed by atoms with Gasteiger partial charge in [0.25, 0.3) is 5.91 Å². The molecule has 1 N–H and O–H groups in total. The predicted octanol–water partition coefficient (Wildman–Crippen LogP) is 3.30. The number of carbonyl (C=O) groups excluding carboxylic acids is 2. The number of anilines is 1. The molecule has 5 nitrogen and oxygen atoms in total. The first-order chi connectivity index (χ1) is 12.6. The van der Waals surface area contributed by atoms with Crippen LogP contribution in [0.2, 0.25) is 0 Å². The second-order valence-corrected chi connectivity index (χ2v) is 6.05. The number of hydrogen-bond acceptors (Lipinski definition) is 4. The van der Waals surface area contributed by atoms with Crippen molar-refractivity contribution in [2.24, 2.45) is 0 Å². The lowest BCUT2D eigenvalue weighted by Gasteiger charge is -2.19. The van der Waals surface area contributed by atoms with E-state index in [0.29, 0.717) is 24.3 Å². The summed E-state index contributed by atoms with van der Waals surface area (Å²) in [5.74, 6) is 0.521. The van der Waals surface area contributed by atoms with Crippen molar-refractivity contribution in [2.75, 3.05) is 31.6 Å². The van der Waals surface area contributed by atoms with Crippen LogP contribution in [0.1, 0.15) is 30.1 Å². The van der Waals surface area contributed by atoms with Crippen LogP contribution >= 0.6 is 0 Å². The van der Waals surface area contributed by atoms with E-state index in [2.05, 4.69) is 22.3 Å². The molecule has 0 saturated carbocycles. The van der Waals surface area contributed by atoms with Gasteiger partial charge in [0.1, 0.15) is 5.75 Å². The van der Waals surface area contributed by atoms with Gasteiger partial charge in [0.2, 0.25) is 0 Å². The molecular weight excluding hydrogens is 328 g/mol. The molecule has 2 rings (SSSR count). The summed E-state index contributed by atoms with van der Waals surface area (Å²) in [6, 6.07) is 17.0. The minimum absolute atomic E-state index is 0.0321. The van der Waals surface area contributed by atoms with Gasteiger partial charge in [-0.2, -0.15) is 0 Å². The maximum absolute atomic E-state index is 11.8. The maximum atomic E-state index is 11.8. The third-order valence-electron chi connectivity index (χ3n) is 4.06. The summed E-state index contributed by atoms with van der Waals surface area (Å²) in [5.41, 5.74) is 1.82. The lowest BCUT2D eigenvalue weighted by molar-refractivity contribution is -0.123. The maximum Gasteiger partial charge on any atom is 0.257 e. The Morgan fingerprint density at radius 3 is 2.38 bits per heavy atom. The smallest absolute Gasteiger partial charge is 0.257 e. The van der Waals surface area contributed by atoms with Crippen molar-refractivity contribution in [3.63, 3.8) is 0 Å². The molecular formula is C21H26N2O3. The standard InChI is InChI=1S/C21H26N2O3/c1-3-20(24)17-10-12-19(13-11-17)26-16-21(25)22-14-7-15-23(2)18-8-5-4-6-9-18/h4-6,8-13H,3,7,14-16H2,1-2H3,(H,22,25). The molecule has 0 aliphatic heterocycles. The minimum atomic E-state index is -0.152. The molecule has 0 spiro atoms. The second kappa shape index (κ2) is 10.2. The average molecular weight is 354 g/mol. The fourth-order valence-corrected chi connectivity index (χ4v) is 2.50. The van der Waals surface area contributed by atoms with Crippen molar-refractivity contribution in [3.8, 4) is 5.75 Å². The van der Waals surface area contributed by atoms with Gasteiger partial charge in [-0.1, -0.05) is 25.1 Å². The number of amides is 1. The van der Waals surface area contributed by atoms with E-state index in [4.69, 9.17) is 4.74 Å². The number of benzene rings is 2. The molecule has 0 atom stereocenters. The molecule has 0 aliphatic rings. The Labute approximate surface area is 155 Å². The first kappa shape index (κ1) is 19.5. The van der Waals surface area contributed by atoms with Gasteiger partial charge in [0.05, 0.1) is 0 Å². The van der Waals surface area contributed by atoms with Gasteiger partial charge in [-0.15, -0.1) is 0 Å². The highest BCUT2D eigenvalue weighted by atomic mass is 16.5. The van der Waals surface area contributed by atoms with Crippen molar-refractivity contribution in [2.45, 2.75) is 19.8 Å². The fraction of sp³-hybridized carbons (Fsp3) is 0.333. The molecule has 0 bridgehead atoms. The normalized spacial score (nSPS) is 10.2. The summed E-state index contributed by atoms with van der Waals surface area (Å²) in [4.78, 5) is 25.6. The van der Waals surface area contributed by atoms with E-state index < -0.39 is 0 Å². The van der Waals surface area contributed by atoms with E-state index in [-0.39, 0.29) is 18.3 Å². The molecule has 0 heterocycles. The third-order valence-corrected chi connectivity index (χ3v) is 4.06. The lowest BCUT2D eigenvalue weighted by atomic mass is 10.1. The summed E-state index contributed by atoms with van der Waals surface area (Å²) in [5, 5.41) is 2.85. The largest absolute Gasteiger partial charge is 0.484 e. The van der Waals surface area contributed by atoms with Crippen LogP contribution < -0.4 is 15.0 Å². The quantitative estimate of drug-likeness (QED) is 0.525. The Morgan fingerprint density at radius 2 is 1.73 bits per heavy atom. The van der Waals surface area contributed by atoms with E-state index in [0.717, 1.165) is 18.7 Å². The predicted molar refractivity (Wildman–Crippen MR) is 104 cm³/mol. The average Bonchev–Trinajstić information content (AvgIpc) is 2.70. The van der Waals surface area contributed by atoms with Crippen LogP contribution in [-0.4, -0.2) is 38.4 Å². The topological polar surface area (TPSA) is 58.6 Å². The van der Waals surface area contributed by atoms with Gasteiger partial charge in [-0.25, -0.2) is 0 Å². The van der Waals surface area contributed by atoms with Crippen LogP contribution in [0.5, 0.6) is 5.75 Å². The van der Waals surface area contributed by atoms with Crippen LogP contribution in [0.4, 0.5) is 5.69 Å². The Balaban J connectivity index is 1.64. The zero-order valence-corrected chi connectivity index (χ0v) is 15.4. The van der Waals surface area contributed by atoms with E-state index in [1.165, 1.54) is 0 Å². The van der Waals surface area contributed by atoms with Gasteiger partial charge in [0, 0.05) is 37.8 Å². The Kier molecular flexibility index (Phi) is 7.68. The molecule has 26 heavy (non-hydrogen) atoms. The summed E-state index contributed by atoms with van der Waals surface area (Å²) in [7, 11) is 2.03. The highest BCUT2D eigenvalue weighted by molar-refractivity contribution is 5.95. The molecule has 0 radical (unpaired) electrons. The van der Waals surface area contributed by atoms with Crippen LogP contribution in [0.15, 0.2) is 54.6 Å². The third kappa shape index (κ3) is 6.24. The van der Waals surface area contributed by atoms with E-state index in [1.807, 2.05) is 32.2 Å². The number of carbonyl (C=O) groups is 2. The number of ketones is 1. The van der Waals surface area contributed by atoms with Crippen molar-refractivity contribution in [1.29, 1.82) is 0 Å². The van der Waals surface area contributed by atoms with Crippen LogP contribution in [0.25, 0.3) is 0 Å². The Morgan fingerprint density at radius 1 is 1.04 bits per heavy atom. The SMILES string of the molecule is CCC(=O)c1ccc(OCC(=O)NCCCN(C)c2ccccc2)cc1. The molecule has 5 heteroatoms. The molecule has 2 aromatic rings. The van der Waals surface area contributed by atoms with E-state index in [9.17, 15) is 9.59 Å². The number of nitrogens with one attached hydrogen (secondary N) is 1. The van der Waals surface area contributed by atoms with Gasteiger partial charge in [0.15, 0.2) is 12.4 Å². The van der Waals surface area contributed by atoms with Gasteiger partial charge in [-0.05, 0) is 42.8 Å². The van der Waals surface area contributed by atoms with Crippen molar-refractivity contribution >= 4 is 17.4 Å². The number of hydrogen-bond donors (Lipinski definition) is 1. The molecule has 138 valence electrons. The minimum Gasteiger partial charge on any atom is -0.484 e. The van der Waals surface area contributed by atoms with Crippen molar-refractivity contribution < 1.29 is 14.3 Å². The zero-order valence-electron chi connectivity index (χ0n) is 15.4. The van der Waals surface area contributed by atoms with Crippen LogP contribution in [0, 0.1) is 0 Å². The molecule has 2 aromatic carbocycles. The van der Waals surface area contributed by atoms with Crippen LogP contribution in [-0.2, 0) is 4.79 Å². The summed E-state index contributed by atoms with van der Waals surface area (Å²) < 4.78 is 5.45. The summed E-state index contributed by atoms with van der Waals surface area (Å²) in [6.45, 7) is 3.26. The molecule has 1 amide bonds. The molecule has 0 saturated heterocycles. The molecule has 0 fully saturated rings. The lowest BCUT2D eigenvalue weighted by Crippen LogP contribution is -2.31. The van der Waals surface area contributed by atoms with Crippen LogP contribution in [0.3, 0.4) is 0 Å². The number of Topliss-reactive ketones (excluding diaryl/α,β-unsaturated/α-hetero) is 1. The van der Waals surface area contributed by atoms with Crippen molar-refractivity contribution in [1.82, 2.24) is 5.32 Å². The first-order valence-electron chi connectivity index (χ1n) is 8.89. The fourth-order valence-electron chi connectivity index (χ4n) is 2.50. The van der Waals surface area contributed by atoms with E-state index >= 15 is 0 Å². The number of rotatable bonds is 10. The monoisotopic (exact) mass is 354 g/mol. The van der Waals surface area contributed by atoms with Gasteiger partial charge < -0.3 is 15.0 Å². The van der Waals surface area contributed by atoms with Crippen molar-refractivity contribution in [3.05, 3.63) is 60.2 Å². The molecule has 0 aliphatic carbocycles. The Hall–Kier alpha value is -2.82. The zero-order chi connectivity index (χ0) is 18.8. The number of ether oxygens (including phenoxy) is 1. The highest BCUT2D eigenvalue weighted by Crippen LogP contribution is 2.13. The number of para-hydroxylation sites is 1. The van der Waals surface area contributed by atoms with E-state index in [1.54, 1.807) is 24.3 Å². The summed E-state index contributed by atoms with van der Waals surface area (Å²) in [6.07, 6.45) is 1.33. The highest BCUT2D eigenvalue weighted by Gasteiger charge is 2.06. The molecule has 0 aromatic heterocycles.